The minimum absolute atomic E-state index is 0.165. The van der Waals surface area contributed by atoms with E-state index < -0.39 is 18.0 Å². The molecule has 1 heterocycles. The van der Waals surface area contributed by atoms with Gasteiger partial charge in [-0.3, -0.25) is 9.59 Å². The Hall–Kier alpha value is -2.41. The summed E-state index contributed by atoms with van der Waals surface area (Å²) in [7, 11) is 0. The van der Waals surface area contributed by atoms with E-state index >= 15 is 0 Å². The molecule has 1 amide bonds. The molecule has 0 aliphatic heterocycles. The number of nitrogens with one attached hydrogen (secondary N) is 2. The van der Waals surface area contributed by atoms with Gasteiger partial charge in [0, 0.05) is 16.2 Å². The van der Waals surface area contributed by atoms with Crippen molar-refractivity contribution >= 4 is 39.3 Å². The number of esters is 1. The van der Waals surface area contributed by atoms with Crippen molar-refractivity contribution in [2.24, 2.45) is 0 Å². The minimum Gasteiger partial charge on any atom is -0.448 e. The first-order valence-electron chi connectivity index (χ1n) is 6.84. The van der Waals surface area contributed by atoms with E-state index in [4.69, 9.17) is 4.74 Å². The highest BCUT2D eigenvalue weighted by Gasteiger charge is 2.21. The third-order valence-electron chi connectivity index (χ3n) is 3.08. The maximum Gasteiger partial charge on any atom is 0.355 e. The number of aromatic amines is 1. The van der Waals surface area contributed by atoms with Gasteiger partial charge in [0.1, 0.15) is 5.69 Å². The fourth-order valence-electron chi connectivity index (χ4n) is 1.90. The zero-order valence-electron chi connectivity index (χ0n) is 12.6. The van der Waals surface area contributed by atoms with Gasteiger partial charge in [0.25, 0.3) is 5.91 Å². The third-order valence-corrected chi connectivity index (χ3v) is 3.54. The number of carbonyl (C=O) groups is 3. The van der Waals surface area contributed by atoms with Crippen molar-refractivity contribution in [3.63, 3.8) is 0 Å². The summed E-state index contributed by atoms with van der Waals surface area (Å²) in [6, 6.07) is 8.20. The smallest absolute Gasteiger partial charge is 0.355 e. The van der Waals surface area contributed by atoms with Crippen molar-refractivity contribution in [1.29, 1.82) is 0 Å². The van der Waals surface area contributed by atoms with Gasteiger partial charge in [0.15, 0.2) is 11.9 Å². The summed E-state index contributed by atoms with van der Waals surface area (Å²) in [5, 5.41) is 2.60. The van der Waals surface area contributed by atoms with Crippen LogP contribution in [0.1, 0.15) is 34.7 Å². The summed E-state index contributed by atoms with van der Waals surface area (Å²) in [4.78, 5) is 38.3. The summed E-state index contributed by atoms with van der Waals surface area (Å²) in [6.45, 7) is 2.87. The van der Waals surface area contributed by atoms with Crippen molar-refractivity contribution in [2.45, 2.75) is 20.0 Å². The van der Waals surface area contributed by atoms with Gasteiger partial charge in [0.2, 0.25) is 0 Å². The van der Waals surface area contributed by atoms with E-state index in [1.807, 2.05) is 0 Å². The number of ether oxygens (including phenoxy) is 1. The number of Topliss-reactive ketones (excluding diaryl/α,β-unsaturated/α-hetero) is 1. The first-order chi connectivity index (χ1) is 10.9. The number of amides is 1. The first-order valence-corrected chi connectivity index (χ1v) is 7.63. The number of H-pyrrole nitrogens is 1. The van der Waals surface area contributed by atoms with Crippen LogP contribution in [0.3, 0.4) is 0 Å². The van der Waals surface area contributed by atoms with E-state index in [1.165, 1.54) is 13.8 Å². The average Bonchev–Trinajstić information content (AvgIpc) is 2.94. The van der Waals surface area contributed by atoms with E-state index in [9.17, 15) is 14.4 Å². The molecule has 2 aromatic rings. The number of ketones is 1. The number of hydrogen-bond acceptors (Lipinski definition) is 4. The van der Waals surface area contributed by atoms with Gasteiger partial charge in [-0.25, -0.2) is 4.79 Å². The van der Waals surface area contributed by atoms with E-state index in [-0.39, 0.29) is 11.5 Å². The molecule has 0 spiro atoms. The molecule has 1 unspecified atom stereocenters. The molecular formula is C16H15BrN2O4. The van der Waals surface area contributed by atoms with Crippen molar-refractivity contribution in [2.75, 3.05) is 5.32 Å². The van der Waals surface area contributed by atoms with Crippen LogP contribution in [0, 0.1) is 0 Å². The molecule has 7 heteroatoms. The number of halogens is 1. The molecule has 0 saturated carbocycles. The maximum atomic E-state index is 12.1. The Labute approximate surface area is 141 Å². The van der Waals surface area contributed by atoms with Crippen molar-refractivity contribution < 1.29 is 19.1 Å². The first kappa shape index (κ1) is 17.0. The lowest BCUT2D eigenvalue weighted by atomic mass is 10.1. The Morgan fingerprint density at radius 1 is 1.26 bits per heavy atom. The summed E-state index contributed by atoms with van der Waals surface area (Å²) >= 11 is 3.21. The lowest BCUT2D eigenvalue weighted by Gasteiger charge is -2.14. The molecular weight excluding hydrogens is 364 g/mol. The Morgan fingerprint density at radius 3 is 2.57 bits per heavy atom. The molecule has 1 aromatic heterocycles. The van der Waals surface area contributed by atoms with Crippen LogP contribution < -0.4 is 5.32 Å². The number of benzene rings is 1. The summed E-state index contributed by atoms with van der Waals surface area (Å²) in [5.74, 6) is -1.32. The molecule has 0 saturated heterocycles. The molecule has 0 fully saturated rings. The third kappa shape index (κ3) is 4.29. The number of para-hydroxylation sites is 1. The zero-order chi connectivity index (χ0) is 17.0. The van der Waals surface area contributed by atoms with Gasteiger partial charge in [-0.05, 0) is 48.0 Å². The highest BCUT2D eigenvalue weighted by Crippen LogP contribution is 2.17. The minimum atomic E-state index is -1.01. The second kappa shape index (κ2) is 7.23. The lowest BCUT2D eigenvalue weighted by Crippen LogP contribution is -2.30. The molecule has 0 bridgehead atoms. The van der Waals surface area contributed by atoms with Gasteiger partial charge in [-0.1, -0.05) is 12.1 Å². The predicted molar refractivity (Wildman–Crippen MR) is 88.4 cm³/mol. The summed E-state index contributed by atoms with van der Waals surface area (Å²) in [6.07, 6.45) is 0.578. The fourth-order valence-corrected chi connectivity index (χ4v) is 2.24. The van der Waals surface area contributed by atoms with Crippen LogP contribution in [-0.2, 0) is 9.53 Å². The highest BCUT2D eigenvalue weighted by molar-refractivity contribution is 9.10. The lowest BCUT2D eigenvalue weighted by molar-refractivity contribution is -0.123. The SMILES string of the molecule is CC(=O)c1ccccc1NC(=O)C(C)OC(=O)c1cc(Br)c[nH]1. The van der Waals surface area contributed by atoms with Crippen molar-refractivity contribution in [3.05, 3.63) is 52.3 Å². The van der Waals surface area contributed by atoms with Gasteiger partial charge >= 0.3 is 5.97 Å². The van der Waals surface area contributed by atoms with E-state index in [0.717, 1.165) is 0 Å². The molecule has 2 N–H and O–H groups in total. The Bertz CT molecular complexity index is 754. The normalized spacial score (nSPS) is 11.6. The van der Waals surface area contributed by atoms with Crippen molar-refractivity contribution in [1.82, 2.24) is 4.98 Å². The average molecular weight is 379 g/mol. The number of carbonyl (C=O) groups excluding carboxylic acids is 3. The number of rotatable bonds is 5. The quantitative estimate of drug-likeness (QED) is 0.617. The second-order valence-corrected chi connectivity index (χ2v) is 5.79. The highest BCUT2D eigenvalue weighted by atomic mass is 79.9. The van der Waals surface area contributed by atoms with E-state index in [0.29, 0.717) is 15.7 Å². The molecule has 0 aliphatic carbocycles. The molecule has 1 aromatic carbocycles. The zero-order valence-corrected chi connectivity index (χ0v) is 14.1. The topological polar surface area (TPSA) is 88.3 Å². The van der Waals surface area contributed by atoms with Crippen molar-refractivity contribution in [3.8, 4) is 0 Å². The largest absolute Gasteiger partial charge is 0.448 e. The summed E-state index contributed by atoms with van der Waals surface area (Å²) in [5.41, 5.74) is 1.02. The number of anilines is 1. The van der Waals surface area contributed by atoms with Crippen LogP contribution in [0.15, 0.2) is 41.0 Å². The van der Waals surface area contributed by atoms with Crippen LogP contribution in [0.25, 0.3) is 0 Å². The van der Waals surface area contributed by atoms with Gasteiger partial charge in [-0.2, -0.15) is 0 Å². The Kier molecular flexibility index (Phi) is 5.33. The Balaban J connectivity index is 2.03. The van der Waals surface area contributed by atoms with Gasteiger partial charge in [-0.15, -0.1) is 0 Å². The molecule has 6 nitrogen and oxygen atoms in total. The van der Waals surface area contributed by atoms with E-state index in [2.05, 4.69) is 26.2 Å². The van der Waals surface area contributed by atoms with Crippen LogP contribution in [-0.4, -0.2) is 28.7 Å². The molecule has 120 valence electrons. The van der Waals surface area contributed by atoms with Crippen LogP contribution in [0.4, 0.5) is 5.69 Å². The fraction of sp³-hybridized carbons (Fsp3) is 0.188. The molecule has 2 rings (SSSR count). The second-order valence-electron chi connectivity index (χ2n) is 4.87. The number of aromatic nitrogens is 1. The van der Waals surface area contributed by atoms with Gasteiger partial charge < -0.3 is 15.0 Å². The number of hydrogen-bond donors (Lipinski definition) is 2. The molecule has 23 heavy (non-hydrogen) atoms. The monoisotopic (exact) mass is 378 g/mol. The molecule has 0 radical (unpaired) electrons. The van der Waals surface area contributed by atoms with E-state index in [1.54, 1.807) is 36.5 Å². The van der Waals surface area contributed by atoms with Crippen LogP contribution in [0.2, 0.25) is 0 Å². The van der Waals surface area contributed by atoms with Crippen LogP contribution >= 0.6 is 15.9 Å². The Morgan fingerprint density at radius 2 is 1.96 bits per heavy atom. The maximum absolute atomic E-state index is 12.1. The summed E-state index contributed by atoms with van der Waals surface area (Å²) < 4.78 is 5.80. The molecule has 0 aliphatic rings. The van der Waals surface area contributed by atoms with Crippen LogP contribution in [0.5, 0.6) is 0 Å². The van der Waals surface area contributed by atoms with Gasteiger partial charge in [0.05, 0.1) is 5.69 Å². The molecule has 1 atom stereocenters. The standard InChI is InChI=1S/C16H15BrN2O4/c1-9(20)12-5-3-4-6-13(12)19-15(21)10(2)23-16(22)14-7-11(17)8-18-14/h3-8,10,18H,1-2H3,(H,19,21). The predicted octanol–water partition coefficient (Wildman–Crippen LogP) is 3.16.